The van der Waals surface area contributed by atoms with E-state index in [0.717, 1.165) is 18.4 Å². The van der Waals surface area contributed by atoms with Crippen molar-refractivity contribution < 1.29 is 14.6 Å². The van der Waals surface area contributed by atoms with E-state index in [4.69, 9.17) is 27.9 Å². The molecule has 130 valence electrons. The van der Waals surface area contributed by atoms with Gasteiger partial charge >= 0.3 is 0 Å². The third-order valence-corrected chi connectivity index (χ3v) is 5.48. The van der Waals surface area contributed by atoms with Gasteiger partial charge in [0.2, 0.25) is 0 Å². The van der Waals surface area contributed by atoms with Gasteiger partial charge in [-0.3, -0.25) is 4.79 Å². The molecule has 1 aliphatic heterocycles. The first-order valence-electron chi connectivity index (χ1n) is 8.22. The minimum absolute atomic E-state index is 0.0924. The van der Waals surface area contributed by atoms with Crippen LogP contribution in [0.25, 0.3) is 5.57 Å². The van der Waals surface area contributed by atoms with Gasteiger partial charge in [-0.25, -0.2) is 0 Å². The molecule has 1 saturated carbocycles. The molecular weight excluding hydrogens is 349 g/mol. The second kappa shape index (κ2) is 6.58. The zero-order chi connectivity index (χ0) is 17.5. The lowest BCUT2D eigenvalue weighted by Gasteiger charge is -2.37. The van der Waals surface area contributed by atoms with Crippen LogP contribution in [0.1, 0.15) is 43.7 Å². The Morgan fingerprint density at radius 1 is 1.33 bits per heavy atom. The Labute approximate surface area is 151 Å². The van der Waals surface area contributed by atoms with Gasteiger partial charge < -0.3 is 15.2 Å². The van der Waals surface area contributed by atoms with E-state index in [1.807, 2.05) is 13.8 Å². The molecule has 0 unspecified atom stereocenters. The van der Waals surface area contributed by atoms with Crippen LogP contribution in [-0.2, 0) is 9.53 Å². The molecule has 0 atom stereocenters. The summed E-state index contributed by atoms with van der Waals surface area (Å²) in [4.78, 5) is 12.6. The van der Waals surface area contributed by atoms with E-state index >= 15 is 0 Å². The van der Waals surface area contributed by atoms with Crippen molar-refractivity contribution in [3.63, 3.8) is 0 Å². The number of ether oxygens (including phenoxy) is 1. The normalized spacial score (nSPS) is 27.0. The van der Waals surface area contributed by atoms with Gasteiger partial charge in [-0.05, 0) is 57.2 Å². The number of hydrogen-bond acceptors (Lipinski definition) is 3. The van der Waals surface area contributed by atoms with Crippen LogP contribution in [0, 0.1) is 6.92 Å². The number of aliphatic hydroxyl groups is 1. The van der Waals surface area contributed by atoms with Crippen LogP contribution < -0.4 is 5.32 Å². The minimum Gasteiger partial charge on any atom is -0.509 e. The van der Waals surface area contributed by atoms with Gasteiger partial charge in [-0.15, -0.1) is 0 Å². The molecule has 1 heterocycles. The number of amides is 1. The van der Waals surface area contributed by atoms with Gasteiger partial charge in [0.05, 0.1) is 22.2 Å². The number of carbonyl (C=O) groups is 1. The predicted octanol–water partition coefficient (Wildman–Crippen LogP) is 4.42. The monoisotopic (exact) mass is 369 g/mol. The number of aliphatic hydroxyl groups excluding tert-OH is 1. The largest absolute Gasteiger partial charge is 0.509 e. The summed E-state index contributed by atoms with van der Waals surface area (Å²) < 4.78 is 5.66. The van der Waals surface area contributed by atoms with E-state index in [2.05, 4.69) is 5.32 Å². The maximum absolute atomic E-state index is 12.6. The van der Waals surface area contributed by atoms with Crippen LogP contribution in [0.2, 0.25) is 10.0 Å². The molecule has 1 fully saturated rings. The number of aryl methyl sites for hydroxylation is 1. The molecular formula is C18H21Cl2NO3. The highest BCUT2D eigenvalue weighted by Gasteiger charge is 2.48. The molecule has 0 radical (unpaired) electrons. The molecule has 3 rings (SSSR count). The lowest BCUT2D eigenvalue weighted by atomic mass is 9.79. The lowest BCUT2D eigenvalue weighted by Crippen LogP contribution is -2.48. The summed E-state index contributed by atoms with van der Waals surface area (Å²) in [5.74, 6) is -0.190. The Kier molecular flexibility index (Phi) is 4.82. The van der Waals surface area contributed by atoms with Crippen molar-refractivity contribution in [2.45, 2.75) is 51.2 Å². The summed E-state index contributed by atoms with van der Waals surface area (Å²) in [7, 11) is 0. The summed E-state index contributed by atoms with van der Waals surface area (Å²) >= 11 is 12.3. The number of hydrogen-bond donors (Lipinski definition) is 2. The molecule has 2 aliphatic rings. The second-order valence-electron chi connectivity index (χ2n) is 6.49. The zero-order valence-electron chi connectivity index (χ0n) is 13.8. The Morgan fingerprint density at radius 2 is 2.00 bits per heavy atom. The van der Waals surface area contributed by atoms with E-state index in [0.29, 0.717) is 35.1 Å². The molecule has 1 aliphatic carbocycles. The molecule has 0 bridgehead atoms. The van der Waals surface area contributed by atoms with Crippen LogP contribution in [-0.4, -0.2) is 29.3 Å². The fourth-order valence-corrected chi connectivity index (χ4v) is 4.47. The van der Waals surface area contributed by atoms with Crippen molar-refractivity contribution in [2.24, 2.45) is 0 Å². The van der Waals surface area contributed by atoms with Crippen molar-refractivity contribution in [3.05, 3.63) is 39.1 Å². The lowest BCUT2D eigenvalue weighted by molar-refractivity contribution is -0.116. The molecule has 1 amide bonds. The molecule has 1 aromatic carbocycles. The zero-order valence-corrected chi connectivity index (χ0v) is 15.3. The van der Waals surface area contributed by atoms with Crippen molar-refractivity contribution in [3.8, 4) is 0 Å². The first-order chi connectivity index (χ1) is 11.4. The molecule has 0 saturated heterocycles. The van der Waals surface area contributed by atoms with Crippen LogP contribution in [0.15, 0.2) is 17.9 Å². The van der Waals surface area contributed by atoms with E-state index in [1.165, 1.54) is 0 Å². The molecule has 6 heteroatoms. The Morgan fingerprint density at radius 3 is 2.58 bits per heavy atom. The van der Waals surface area contributed by atoms with Gasteiger partial charge in [-0.2, -0.15) is 0 Å². The third kappa shape index (κ3) is 2.92. The molecule has 4 nitrogen and oxygen atoms in total. The number of rotatable bonds is 3. The molecule has 0 aromatic heterocycles. The van der Waals surface area contributed by atoms with Crippen molar-refractivity contribution in [1.29, 1.82) is 0 Å². The van der Waals surface area contributed by atoms with Gasteiger partial charge in [0, 0.05) is 17.2 Å². The predicted molar refractivity (Wildman–Crippen MR) is 95.5 cm³/mol. The Hall–Kier alpha value is -1.23. The standard InChI is InChI=1S/C18H21Cl2NO3/c1-3-24-12-4-6-18(7-5-12)16(22)15(17(23)21-18)14-10(2)8-11(19)9-13(14)20/h8-9,12,22H,3-7H2,1-2H3,(H,21,23). The highest BCUT2D eigenvalue weighted by atomic mass is 35.5. The number of nitrogens with one attached hydrogen (secondary N) is 1. The summed E-state index contributed by atoms with van der Waals surface area (Å²) in [5, 5.41) is 14.8. The Balaban J connectivity index is 1.98. The van der Waals surface area contributed by atoms with Gasteiger partial charge in [0.1, 0.15) is 5.76 Å². The fourth-order valence-electron chi connectivity index (χ4n) is 3.78. The van der Waals surface area contributed by atoms with E-state index in [-0.39, 0.29) is 23.3 Å². The van der Waals surface area contributed by atoms with Crippen LogP contribution in [0.5, 0.6) is 0 Å². The first-order valence-corrected chi connectivity index (χ1v) is 8.97. The highest BCUT2D eigenvalue weighted by molar-refractivity contribution is 6.38. The van der Waals surface area contributed by atoms with Crippen LogP contribution >= 0.6 is 23.2 Å². The summed E-state index contributed by atoms with van der Waals surface area (Å²) in [6, 6.07) is 3.34. The van der Waals surface area contributed by atoms with E-state index in [1.54, 1.807) is 12.1 Å². The number of halogens is 2. The highest BCUT2D eigenvalue weighted by Crippen LogP contribution is 2.44. The van der Waals surface area contributed by atoms with Crippen molar-refractivity contribution in [1.82, 2.24) is 5.32 Å². The van der Waals surface area contributed by atoms with Gasteiger partial charge in [0.25, 0.3) is 5.91 Å². The minimum atomic E-state index is -0.699. The van der Waals surface area contributed by atoms with Crippen molar-refractivity contribution in [2.75, 3.05) is 6.61 Å². The maximum Gasteiger partial charge on any atom is 0.256 e. The quantitative estimate of drug-likeness (QED) is 0.828. The maximum atomic E-state index is 12.6. The summed E-state index contributed by atoms with van der Waals surface area (Å²) in [6.45, 7) is 4.48. The first kappa shape index (κ1) is 17.6. The average Bonchev–Trinajstić information content (AvgIpc) is 2.74. The van der Waals surface area contributed by atoms with E-state index < -0.39 is 5.54 Å². The molecule has 1 aromatic rings. The van der Waals surface area contributed by atoms with Gasteiger partial charge in [-0.1, -0.05) is 23.2 Å². The SMILES string of the molecule is CCOC1CCC2(CC1)NC(=O)C(c1c(C)cc(Cl)cc1Cl)=C2O. The molecule has 2 N–H and O–H groups in total. The second-order valence-corrected chi connectivity index (χ2v) is 7.34. The topological polar surface area (TPSA) is 58.6 Å². The molecule has 24 heavy (non-hydrogen) atoms. The average molecular weight is 370 g/mol. The smallest absolute Gasteiger partial charge is 0.256 e. The van der Waals surface area contributed by atoms with Gasteiger partial charge in [0.15, 0.2) is 0 Å². The van der Waals surface area contributed by atoms with Crippen LogP contribution in [0.3, 0.4) is 0 Å². The number of benzene rings is 1. The van der Waals surface area contributed by atoms with Crippen molar-refractivity contribution >= 4 is 34.7 Å². The van der Waals surface area contributed by atoms with Crippen LogP contribution in [0.4, 0.5) is 0 Å². The Bertz CT molecular complexity index is 683. The summed E-state index contributed by atoms with van der Waals surface area (Å²) in [5.41, 5.74) is 0.892. The fraction of sp³-hybridized carbons (Fsp3) is 0.500. The molecule has 1 spiro atoms. The number of carbonyl (C=O) groups excluding carboxylic acids is 1. The van der Waals surface area contributed by atoms with E-state index in [9.17, 15) is 9.90 Å². The summed E-state index contributed by atoms with van der Waals surface area (Å²) in [6.07, 6.45) is 3.11. The third-order valence-electron chi connectivity index (χ3n) is 4.96.